The summed E-state index contributed by atoms with van der Waals surface area (Å²) in [5, 5.41) is 37.9. The van der Waals surface area contributed by atoms with E-state index < -0.39 is 0 Å². The molecule has 0 amide bonds. The van der Waals surface area contributed by atoms with Crippen molar-refractivity contribution < 1.29 is 29.6 Å². The van der Waals surface area contributed by atoms with Crippen LogP contribution in [0.15, 0.2) is 75.5 Å². The molecule has 0 bridgehead atoms. The lowest BCUT2D eigenvalue weighted by atomic mass is 10.0. The van der Waals surface area contributed by atoms with Gasteiger partial charge in [-0.25, -0.2) is 0 Å². The van der Waals surface area contributed by atoms with Crippen molar-refractivity contribution in [3.63, 3.8) is 0 Å². The Morgan fingerprint density at radius 2 is 1.49 bits per heavy atom. The highest BCUT2D eigenvalue weighted by molar-refractivity contribution is 5.88. The van der Waals surface area contributed by atoms with Crippen molar-refractivity contribution in [2.75, 3.05) is 7.11 Å². The Hall–Kier alpha value is -4.65. The molecular formula is C30H30O7. The van der Waals surface area contributed by atoms with E-state index in [9.17, 15) is 20.1 Å². The van der Waals surface area contributed by atoms with Crippen LogP contribution >= 0.6 is 0 Å². The molecule has 3 aromatic carbocycles. The van der Waals surface area contributed by atoms with Gasteiger partial charge in [-0.15, -0.1) is 0 Å². The van der Waals surface area contributed by atoms with E-state index in [2.05, 4.69) is 0 Å². The van der Waals surface area contributed by atoms with Crippen LogP contribution in [0.4, 0.5) is 0 Å². The van der Waals surface area contributed by atoms with Crippen LogP contribution in [0.1, 0.15) is 36.3 Å². The highest BCUT2D eigenvalue weighted by atomic mass is 16.5. The summed E-state index contributed by atoms with van der Waals surface area (Å²) < 4.78 is 11.0. The monoisotopic (exact) mass is 502 g/mol. The molecule has 7 nitrogen and oxygen atoms in total. The van der Waals surface area contributed by atoms with Gasteiger partial charge in [-0.3, -0.25) is 4.79 Å². The lowest BCUT2D eigenvalue weighted by Gasteiger charge is -2.11. The number of allylic oxidation sites excluding steroid dienone is 2. The van der Waals surface area contributed by atoms with Gasteiger partial charge in [-0.1, -0.05) is 35.9 Å². The Labute approximate surface area is 214 Å². The normalized spacial score (nSPS) is 10.7. The summed E-state index contributed by atoms with van der Waals surface area (Å²) in [5.41, 5.74) is 3.69. The molecule has 0 radical (unpaired) electrons. The number of rotatable bonds is 5. The largest absolute Gasteiger partial charge is 0.508 e. The number of aromatic hydroxyl groups is 4. The molecule has 0 aliphatic carbocycles. The Morgan fingerprint density at radius 1 is 0.865 bits per heavy atom. The smallest absolute Gasteiger partial charge is 0.196 e. The minimum Gasteiger partial charge on any atom is -0.508 e. The molecule has 4 N–H and O–H groups in total. The summed E-state index contributed by atoms with van der Waals surface area (Å²) in [7, 11) is 1.53. The second-order valence-corrected chi connectivity index (χ2v) is 8.70. The fourth-order valence-electron chi connectivity index (χ4n) is 3.63. The van der Waals surface area contributed by atoms with Gasteiger partial charge in [0, 0.05) is 23.8 Å². The third-order valence-corrected chi connectivity index (χ3v) is 5.39. The Bertz CT molecular complexity index is 1490. The van der Waals surface area contributed by atoms with Crippen molar-refractivity contribution >= 4 is 23.1 Å². The first-order valence-corrected chi connectivity index (χ1v) is 11.5. The second-order valence-electron chi connectivity index (χ2n) is 8.70. The van der Waals surface area contributed by atoms with E-state index in [1.807, 2.05) is 26.0 Å². The van der Waals surface area contributed by atoms with Gasteiger partial charge in [0.2, 0.25) is 0 Å². The molecule has 37 heavy (non-hydrogen) atoms. The highest BCUT2D eigenvalue weighted by Gasteiger charge is 2.17. The van der Waals surface area contributed by atoms with Gasteiger partial charge in [0.05, 0.1) is 7.11 Å². The Balaban J connectivity index is 0.000000208. The topological polar surface area (TPSA) is 120 Å². The molecule has 0 fully saturated rings. The van der Waals surface area contributed by atoms with Gasteiger partial charge in [-0.05, 0) is 62.6 Å². The number of methoxy groups -OCH3 is 1. The van der Waals surface area contributed by atoms with Crippen LogP contribution in [0.5, 0.6) is 28.7 Å². The van der Waals surface area contributed by atoms with Gasteiger partial charge >= 0.3 is 0 Å². The van der Waals surface area contributed by atoms with Gasteiger partial charge in [0.25, 0.3) is 0 Å². The molecule has 0 aliphatic rings. The first-order chi connectivity index (χ1) is 17.6. The molecule has 4 aromatic rings. The summed E-state index contributed by atoms with van der Waals surface area (Å²) in [6.07, 6.45) is 6.20. The summed E-state index contributed by atoms with van der Waals surface area (Å²) >= 11 is 0. The molecule has 0 spiro atoms. The average Bonchev–Trinajstić information content (AvgIpc) is 2.82. The van der Waals surface area contributed by atoms with Crippen LogP contribution in [0.3, 0.4) is 0 Å². The van der Waals surface area contributed by atoms with Gasteiger partial charge in [0.15, 0.2) is 5.43 Å². The predicted octanol–water partition coefficient (Wildman–Crippen LogP) is 6.30. The number of fused-ring (bicyclic) bond motifs is 1. The molecular weight excluding hydrogens is 472 g/mol. The predicted molar refractivity (Wildman–Crippen MR) is 145 cm³/mol. The number of phenolic OH excluding ortho intramolecular Hbond substituents is 4. The summed E-state index contributed by atoms with van der Waals surface area (Å²) in [6, 6.07) is 14.0. The SMILES string of the molecule is COc1cc(O)c2c(=O)cc(C)oc2c1CC=C(C)C.Oc1ccc(C=Cc2cc(O)cc(O)c2)cc1. The van der Waals surface area contributed by atoms with Crippen LogP contribution < -0.4 is 10.2 Å². The summed E-state index contributed by atoms with van der Waals surface area (Å²) in [6.45, 7) is 5.70. The van der Waals surface area contributed by atoms with Crippen molar-refractivity contribution in [3.05, 3.63) is 98.9 Å². The zero-order chi connectivity index (χ0) is 27.1. The molecule has 0 saturated heterocycles. The molecule has 0 unspecified atom stereocenters. The number of benzene rings is 3. The molecule has 7 heteroatoms. The van der Waals surface area contributed by atoms with Gasteiger partial charge < -0.3 is 29.6 Å². The molecule has 0 atom stereocenters. The third kappa shape index (κ3) is 7.18. The number of phenols is 4. The molecule has 1 heterocycles. The van der Waals surface area contributed by atoms with E-state index >= 15 is 0 Å². The number of hydrogen-bond acceptors (Lipinski definition) is 7. The van der Waals surface area contributed by atoms with Gasteiger partial charge in [-0.2, -0.15) is 0 Å². The zero-order valence-corrected chi connectivity index (χ0v) is 21.1. The molecule has 192 valence electrons. The Morgan fingerprint density at radius 3 is 2.08 bits per heavy atom. The quantitative estimate of drug-likeness (QED) is 0.187. The van der Waals surface area contributed by atoms with E-state index in [1.165, 1.54) is 25.3 Å². The van der Waals surface area contributed by atoms with E-state index in [-0.39, 0.29) is 33.8 Å². The van der Waals surface area contributed by atoms with Crippen molar-refractivity contribution in [2.24, 2.45) is 0 Å². The first-order valence-electron chi connectivity index (χ1n) is 11.5. The molecule has 4 rings (SSSR count). The first kappa shape index (κ1) is 26.9. The van der Waals surface area contributed by atoms with Crippen LogP contribution in [-0.4, -0.2) is 27.5 Å². The minimum atomic E-state index is -0.248. The fraction of sp³-hybridized carbons (Fsp3) is 0.167. The number of ether oxygens (including phenoxy) is 1. The van der Waals surface area contributed by atoms with Crippen LogP contribution in [0.25, 0.3) is 23.1 Å². The number of hydrogen-bond donors (Lipinski definition) is 4. The fourth-order valence-corrected chi connectivity index (χ4v) is 3.63. The zero-order valence-electron chi connectivity index (χ0n) is 21.1. The molecule has 0 saturated carbocycles. The minimum absolute atomic E-state index is 0.0235. The van der Waals surface area contributed by atoms with E-state index in [0.29, 0.717) is 29.1 Å². The maximum Gasteiger partial charge on any atom is 0.196 e. The number of aryl methyl sites for hydroxylation is 1. The van der Waals surface area contributed by atoms with Crippen molar-refractivity contribution in [3.8, 4) is 28.7 Å². The van der Waals surface area contributed by atoms with E-state index in [4.69, 9.17) is 14.3 Å². The maximum atomic E-state index is 12.0. The van der Waals surface area contributed by atoms with Crippen LogP contribution in [0.2, 0.25) is 0 Å². The van der Waals surface area contributed by atoms with Crippen LogP contribution in [-0.2, 0) is 6.42 Å². The lowest BCUT2D eigenvalue weighted by Crippen LogP contribution is -2.04. The maximum absolute atomic E-state index is 12.0. The molecule has 1 aromatic heterocycles. The third-order valence-electron chi connectivity index (χ3n) is 5.39. The van der Waals surface area contributed by atoms with Crippen LogP contribution in [0, 0.1) is 6.92 Å². The second kappa shape index (κ2) is 11.9. The van der Waals surface area contributed by atoms with Gasteiger partial charge in [0.1, 0.15) is 45.5 Å². The van der Waals surface area contributed by atoms with Crippen molar-refractivity contribution in [1.29, 1.82) is 0 Å². The summed E-state index contributed by atoms with van der Waals surface area (Å²) in [5.74, 6) is 1.17. The standard InChI is InChI=1S/C16H18O4.C14H12O3/c1-9(2)5-6-11-14(19-4)8-13(18)15-12(17)7-10(3)20-16(11)15;15-12-5-3-10(4-6-12)1-2-11-7-13(16)9-14(17)8-11/h5,7-8,18H,6H2,1-4H3;1-9,15-17H. The van der Waals surface area contributed by atoms with Crippen molar-refractivity contribution in [1.82, 2.24) is 0 Å². The lowest BCUT2D eigenvalue weighted by molar-refractivity contribution is 0.403. The summed E-state index contributed by atoms with van der Waals surface area (Å²) in [4.78, 5) is 12.0. The molecule has 0 aliphatic heterocycles. The highest BCUT2D eigenvalue weighted by Crippen LogP contribution is 2.34. The van der Waals surface area contributed by atoms with E-state index in [0.717, 1.165) is 16.7 Å². The van der Waals surface area contributed by atoms with E-state index in [1.54, 1.807) is 49.4 Å². The average molecular weight is 503 g/mol. The van der Waals surface area contributed by atoms with Crippen molar-refractivity contribution in [2.45, 2.75) is 27.2 Å². The Kier molecular flexibility index (Phi) is 8.64.